The van der Waals surface area contributed by atoms with Gasteiger partial charge in [-0.1, -0.05) is 12.2 Å². The summed E-state index contributed by atoms with van der Waals surface area (Å²) in [5.74, 6) is -0.0501. The number of oxazole rings is 1. The molecule has 0 spiro atoms. The third-order valence-corrected chi connectivity index (χ3v) is 2.59. The number of amides is 1. The average Bonchev–Trinajstić information content (AvgIpc) is 2.60. The van der Waals surface area contributed by atoms with E-state index in [-0.39, 0.29) is 22.7 Å². The third kappa shape index (κ3) is 2.33. The van der Waals surface area contributed by atoms with E-state index < -0.39 is 0 Å². The van der Waals surface area contributed by atoms with Crippen molar-refractivity contribution < 1.29 is 9.21 Å². The van der Waals surface area contributed by atoms with Gasteiger partial charge in [0, 0.05) is 7.05 Å². The Labute approximate surface area is 93.3 Å². The van der Waals surface area contributed by atoms with Gasteiger partial charge in [-0.2, -0.15) is 0 Å². The molecular weight excluding hydrogens is 214 g/mol. The predicted octanol–water partition coefficient (Wildman–Crippen LogP) is 0.730. The molecule has 1 rings (SSSR count). The number of hydrogen-bond acceptors (Lipinski definition) is 4. The first-order valence-corrected chi connectivity index (χ1v) is 4.82. The Bertz CT molecular complexity index is 388. The zero-order chi connectivity index (χ0) is 11.6. The van der Waals surface area contributed by atoms with Crippen molar-refractivity contribution in [2.75, 3.05) is 7.05 Å². The highest BCUT2D eigenvalue weighted by Crippen LogP contribution is 2.10. The first-order chi connectivity index (χ1) is 6.95. The Hall–Kier alpha value is -1.43. The van der Waals surface area contributed by atoms with Crippen molar-refractivity contribution in [1.82, 2.24) is 9.88 Å². The zero-order valence-corrected chi connectivity index (χ0v) is 9.67. The van der Waals surface area contributed by atoms with Crippen molar-refractivity contribution in [2.24, 2.45) is 5.73 Å². The molecule has 1 aromatic rings. The first kappa shape index (κ1) is 11.6. The van der Waals surface area contributed by atoms with Crippen molar-refractivity contribution in [1.29, 1.82) is 0 Å². The van der Waals surface area contributed by atoms with Crippen LogP contribution in [0.15, 0.2) is 10.8 Å². The molecular formula is C9H13N3O2S. The van der Waals surface area contributed by atoms with Gasteiger partial charge in [0.1, 0.15) is 0 Å². The minimum Gasteiger partial charge on any atom is -0.438 e. The lowest BCUT2D eigenvalue weighted by molar-refractivity contribution is 0.0746. The number of aryl methyl sites for hydroxylation is 1. The maximum atomic E-state index is 11.8. The van der Waals surface area contributed by atoms with Crippen molar-refractivity contribution >= 4 is 23.1 Å². The van der Waals surface area contributed by atoms with Crippen LogP contribution < -0.4 is 5.73 Å². The number of carbonyl (C=O) groups is 1. The summed E-state index contributed by atoms with van der Waals surface area (Å²) in [5.41, 5.74) is 6.01. The molecule has 1 aromatic heterocycles. The Morgan fingerprint density at radius 3 is 2.73 bits per heavy atom. The second-order valence-corrected chi connectivity index (χ2v) is 3.73. The molecule has 0 saturated heterocycles. The van der Waals surface area contributed by atoms with Crippen LogP contribution in [-0.4, -0.2) is 33.9 Å². The Balaban J connectivity index is 2.86. The molecule has 1 amide bonds. The first-order valence-electron chi connectivity index (χ1n) is 4.41. The van der Waals surface area contributed by atoms with E-state index in [0.29, 0.717) is 5.69 Å². The maximum Gasteiger partial charge on any atom is 0.291 e. The number of aromatic nitrogens is 1. The van der Waals surface area contributed by atoms with Crippen LogP contribution >= 0.6 is 12.2 Å². The number of nitrogens with zero attached hydrogens (tertiary/aromatic N) is 2. The molecule has 0 bridgehead atoms. The van der Waals surface area contributed by atoms with E-state index >= 15 is 0 Å². The molecule has 82 valence electrons. The molecule has 0 aromatic carbocycles. The molecule has 0 saturated carbocycles. The summed E-state index contributed by atoms with van der Waals surface area (Å²) in [7, 11) is 1.62. The largest absolute Gasteiger partial charge is 0.438 e. The van der Waals surface area contributed by atoms with Crippen molar-refractivity contribution in [3.05, 3.63) is 17.8 Å². The van der Waals surface area contributed by atoms with Crippen LogP contribution in [0.4, 0.5) is 0 Å². The summed E-state index contributed by atoms with van der Waals surface area (Å²) in [6, 6.07) is -0.308. The van der Waals surface area contributed by atoms with Gasteiger partial charge in [0.15, 0.2) is 6.39 Å². The Morgan fingerprint density at radius 2 is 2.33 bits per heavy atom. The quantitative estimate of drug-likeness (QED) is 0.771. The van der Waals surface area contributed by atoms with E-state index in [4.69, 9.17) is 22.4 Å². The highest BCUT2D eigenvalue weighted by molar-refractivity contribution is 7.80. The lowest BCUT2D eigenvalue weighted by Gasteiger charge is -2.22. The number of thiocarbonyl (C=S) groups is 1. The second-order valence-electron chi connectivity index (χ2n) is 3.26. The summed E-state index contributed by atoms with van der Waals surface area (Å²) in [4.78, 5) is 17.4. The highest BCUT2D eigenvalue weighted by atomic mass is 32.1. The summed E-state index contributed by atoms with van der Waals surface area (Å²) >= 11 is 4.81. The average molecular weight is 227 g/mol. The van der Waals surface area contributed by atoms with Crippen LogP contribution in [0, 0.1) is 6.92 Å². The summed E-state index contributed by atoms with van der Waals surface area (Å²) < 4.78 is 4.99. The highest BCUT2D eigenvalue weighted by Gasteiger charge is 2.23. The number of carbonyl (C=O) groups excluding carboxylic acids is 1. The molecule has 1 unspecified atom stereocenters. The summed E-state index contributed by atoms with van der Waals surface area (Å²) in [6.45, 7) is 3.46. The van der Waals surface area contributed by atoms with Crippen molar-refractivity contribution in [3.63, 3.8) is 0 Å². The fourth-order valence-electron chi connectivity index (χ4n) is 1.03. The number of hydrogen-bond donors (Lipinski definition) is 1. The molecule has 0 aliphatic heterocycles. The van der Waals surface area contributed by atoms with Crippen LogP contribution in [0.5, 0.6) is 0 Å². The van der Waals surface area contributed by atoms with Crippen LogP contribution in [0.2, 0.25) is 0 Å². The van der Waals surface area contributed by atoms with Gasteiger partial charge in [-0.05, 0) is 13.8 Å². The van der Waals surface area contributed by atoms with E-state index in [2.05, 4.69) is 4.98 Å². The minimum atomic E-state index is -0.308. The third-order valence-electron chi connectivity index (χ3n) is 2.25. The molecule has 0 aliphatic rings. The molecule has 1 heterocycles. The molecule has 15 heavy (non-hydrogen) atoms. The van der Waals surface area contributed by atoms with Gasteiger partial charge in [-0.3, -0.25) is 4.79 Å². The Kier molecular flexibility index (Phi) is 3.41. The normalized spacial score (nSPS) is 12.2. The van der Waals surface area contributed by atoms with Gasteiger partial charge in [-0.15, -0.1) is 0 Å². The van der Waals surface area contributed by atoms with Gasteiger partial charge < -0.3 is 15.1 Å². The van der Waals surface area contributed by atoms with E-state index in [0.717, 1.165) is 0 Å². The van der Waals surface area contributed by atoms with Crippen LogP contribution in [0.25, 0.3) is 0 Å². The standard InChI is InChI=1S/C9H13N3O2S/c1-5-7(14-4-11-5)9(13)12(3)6(2)8(10)15/h4,6H,1-3H3,(H2,10,15). The van der Waals surface area contributed by atoms with Crippen molar-refractivity contribution in [3.8, 4) is 0 Å². The van der Waals surface area contributed by atoms with Crippen molar-refractivity contribution in [2.45, 2.75) is 19.9 Å². The van der Waals surface area contributed by atoms with E-state index in [9.17, 15) is 4.79 Å². The van der Waals surface area contributed by atoms with Crippen LogP contribution in [0.1, 0.15) is 23.2 Å². The summed E-state index contributed by atoms with van der Waals surface area (Å²) in [6.07, 6.45) is 1.24. The SMILES string of the molecule is Cc1ncoc1C(=O)N(C)C(C)C(N)=S. The number of nitrogens with two attached hydrogens (primary N) is 1. The maximum absolute atomic E-state index is 11.8. The lowest BCUT2D eigenvalue weighted by Crippen LogP contribution is -2.42. The van der Waals surface area contributed by atoms with Gasteiger partial charge in [0.25, 0.3) is 5.91 Å². The monoisotopic (exact) mass is 227 g/mol. The summed E-state index contributed by atoms with van der Waals surface area (Å²) in [5, 5.41) is 0. The van der Waals surface area contributed by atoms with Gasteiger partial charge >= 0.3 is 0 Å². The van der Waals surface area contributed by atoms with Crippen LogP contribution in [0.3, 0.4) is 0 Å². The van der Waals surface area contributed by atoms with E-state index in [1.165, 1.54) is 11.3 Å². The second kappa shape index (κ2) is 4.39. The lowest BCUT2D eigenvalue weighted by atomic mass is 10.2. The number of likely N-dealkylation sites (N-methyl/N-ethyl adjacent to an activating group) is 1. The minimum absolute atomic E-state index is 0.223. The molecule has 1 atom stereocenters. The van der Waals surface area contributed by atoms with Crippen LogP contribution in [-0.2, 0) is 0 Å². The van der Waals surface area contributed by atoms with E-state index in [1.54, 1.807) is 20.9 Å². The zero-order valence-electron chi connectivity index (χ0n) is 8.85. The molecule has 0 fully saturated rings. The molecule has 5 nitrogen and oxygen atoms in total. The van der Waals surface area contributed by atoms with Gasteiger partial charge in [-0.25, -0.2) is 4.98 Å². The number of rotatable bonds is 3. The topological polar surface area (TPSA) is 72.4 Å². The molecule has 6 heteroatoms. The molecule has 0 radical (unpaired) electrons. The smallest absolute Gasteiger partial charge is 0.291 e. The van der Waals surface area contributed by atoms with E-state index in [1.807, 2.05) is 0 Å². The van der Waals surface area contributed by atoms with Gasteiger partial charge in [0.05, 0.1) is 16.7 Å². The molecule has 2 N–H and O–H groups in total. The fraction of sp³-hybridized carbons (Fsp3) is 0.444. The molecule has 0 aliphatic carbocycles. The van der Waals surface area contributed by atoms with Gasteiger partial charge in [0.2, 0.25) is 5.76 Å². The fourth-order valence-corrected chi connectivity index (χ4v) is 1.19. The predicted molar refractivity (Wildman–Crippen MR) is 59.6 cm³/mol. The Morgan fingerprint density at radius 1 is 1.73 bits per heavy atom.